The van der Waals surface area contributed by atoms with Crippen molar-refractivity contribution in [2.45, 2.75) is 25.0 Å². The summed E-state index contributed by atoms with van der Waals surface area (Å²) in [6.07, 6.45) is 3.32. The fraction of sp³-hybridized carbons (Fsp3) is 0.500. The topological polar surface area (TPSA) is 97.8 Å². The average Bonchev–Trinajstić information content (AvgIpc) is 3.16. The Morgan fingerprint density at radius 1 is 1.68 bits per heavy atom. The summed E-state index contributed by atoms with van der Waals surface area (Å²) in [6, 6.07) is -1.12. The molecule has 0 saturated carbocycles. The van der Waals surface area contributed by atoms with Crippen LogP contribution >= 0.6 is 11.3 Å². The van der Waals surface area contributed by atoms with E-state index in [2.05, 4.69) is 16.9 Å². The van der Waals surface area contributed by atoms with Crippen molar-refractivity contribution >= 4 is 23.2 Å². The number of hydrogen-bond acceptors (Lipinski definition) is 6. The second-order valence-corrected chi connectivity index (χ2v) is 5.65. The van der Waals surface area contributed by atoms with Gasteiger partial charge in [0.15, 0.2) is 6.04 Å². The van der Waals surface area contributed by atoms with E-state index in [1.165, 1.54) is 17.4 Å². The molecule has 2 heterocycles. The van der Waals surface area contributed by atoms with Gasteiger partial charge < -0.3 is 19.9 Å². The quantitative estimate of drug-likeness (QED) is 0.553. The smallest absolute Gasteiger partial charge is 0.328 e. The van der Waals surface area contributed by atoms with E-state index in [4.69, 9.17) is 14.6 Å². The minimum atomic E-state index is -1.16. The van der Waals surface area contributed by atoms with Crippen molar-refractivity contribution in [3.8, 4) is 0 Å². The lowest BCUT2D eigenvalue weighted by Gasteiger charge is -2.13. The SMILES string of the molecule is C=CCOCC(NC(=O)c1csc(C2CCCO2)n1)C(=O)O. The Morgan fingerprint density at radius 2 is 2.50 bits per heavy atom. The van der Waals surface area contributed by atoms with Crippen LogP contribution in [0.1, 0.15) is 34.4 Å². The van der Waals surface area contributed by atoms with E-state index in [0.29, 0.717) is 6.61 Å². The number of carbonyl (C=O) groups excluding carboxylic acids is 1. The average molecular weight is 326 g/mol. The Hall–Kier alpha value is -1.77. The predicted molar refractivity (Wildman–Crippen MR) is 79.9 cm³/mol. The van der Waals surface area contributed by atoms with Gasteiger partial charge in [-0.1, -0.05) is 6.08 Å². The van der Waals surface area contributed by atoms with Gasteiger partial charge in [-0.25, -0.2) is 9.78 Å². The Bertz CT molecular complexity index is 539. The lowest BCUT2D eigenvalue weighted by molar-refractivity contribution is -0.140. The number of ether oxygens (including phenoxy) is 2. The summed E-state index contributed by atoms with van der Waals surface area (Å²) >= 11 is 1.34. The minimum Gasteiger partial charge on any atom is -0.480 e. The zero-order valence-electron chi connectivity index (χ0n) is 12.0. The summed E-state index contributed by atoms with van der Waals surface area (Å²) in [6.45, 7) is 4.27. The van der Waals surface area contributed by atoms with E-state index < -0.39 is 17.9 Å². The highest BCUT2D eigenvalue weighted by Gasteiger charge is 2.25. The first kappa shape index (κ1) is 16.6. The maximum atomic E-state index is 12.1. The van der Waals surface area contributed by atoms with Crippen LogP contribution in [0.25, 0.3) is 0 Å². The number of thiazole rings is 1. The molecule has 0 bridgehead atoms. The lowest BCUT2D eigenvalue weighted by atomic mass is 10.2. The van der Waals surface area contributed by atoms with Crippen molar-refractivity contribution in [2.75, 3.05) is 19.8 Å². The molecule has 2 unspecified atom stereocenters. The molecule has 1 aliphatic heterocycles. The molecule has 7 nitrogen and oxygen atoms in total. The van der Waals surface area contributed by atoms with Crippen LogP contribution in [0.15, 0.2) is 18.0 Å². The van der Waals surface area contributed by atoms with Gasteiger partial charge in [-0.15, -0.1) is 17.9 Å². The molecule has 1 amide bonds. The third kappa shape index (κ3) is 4.36. The third-order valence-corrected chi connectivity index (χ3v) is 4.02. The minimum absolute atomic E-state index is 0.0576. The fourth-order valence-corrected chi connectivity index (χ4v) is 2.87. The highest BCUT2D eigenvalue weighted by Crippen LogP contribution is 2.30. The summed E-state index contributed by atoms with van der Waals surface area (Å²) in [7, 11) is 0. The van der Waals surface area contributed by atoms with Gasteiger partial charge in [-0.05, 0) is 12.8 Å². The highest BCUT2D eigenvalue weighted by molar-refractivity contribution is 7.09. The van der Waals surface area contributed by atoms with E-state index in [9.17, 15) is 9.59 Å². The second-order valence-electron chi connectivity index (χ2n) is 4.76. The summed E-state index contributed by atoms with van der Waals surface area (Å²) in [5.74, 6) is -1.69. The van der Waals surface area contributed by atoms with Crippen LogP contribution < -0.4 is 5.32 Å². The predicted octanol–water partition coefficient (Wildman–Crippen LogP) is 1.38. The van der Waals surface area contributed by atoms with Crippen LogP contribution in [-0.2, 0) is 14.3 Å². The van der Waals surface area contributed by atoms with Gasteiger partial charge in [0.05, 0.1) is 13.2 Å². The maximum absolute atomic E-state index is 12.1. The molecule has 1 aromatic heterocycles. The molecule has 1 fully saturated rings. The molecule has 0 radical (unpaired) electrons. The van der Waals surface area contributed by atoms with Gasteiger partial charge in [0.25, 0.3) is 5.91 Å². The molecule has 0 spiro atoms. The number of carboxylic acids is 1. The van der Waals surface area contributed by atoms with Crippen molar-refractivity contribution in [3.63, 3.8) is 0 Å². The van der Waals surface area contributed by atoms with Crippen molar-refractivity contribution in [1.82, 2.24) is 10.3 Å². The van der Waals surface area contributed by atoms with Crippen molar-refractivity contribution in [1.29, 1.82) is 0 Å². The molecule has 22 heavy (non-hydrogen) atoms. The molecule has 2 rings (SSSR count). The van der Waals surface area contributed by atoms with Crippen LogP contribution in [-0.4, -0.2) is 47.8 Å². The maximum Gasteiger partial charge on any atom is 0.328 e. The van der Waals surface area contributed by atoms with Crippen LogP contribution in [0.5, 0.6) is 0 Å². The number of nitrogens with one attached hydrogen (secondary N) is 1. The molecule has 0 aromatic carbocycles. The van der Waals surface area contributed by atoms with Gasteiger partial charge in [0.2, 0.25) is 0 Å². The van der Waals surface area contributed by atoms with E-state index in [0.717, 1.165) is 17.8 Å². The van der Waals surface area contributed by atoms with Gasteiger partial charge in [0.1, 0.15) is 16.8 Å². The van der Waals surface area contributed by atoms with Gasteiger partial charge in [-0.3, -0.25) is 4.79 Å². The Kier molecular flexibility index (Phi) is 6.05. The summed E-state index contributed by atoms with van der Waals surface area (Å²) < 4.78 is 10.6. The number of aromatic nitrogens is 1. The van der Waals surface area contributed by atoms with Crippen LogP contribution in [0.3, 0.4) is 0 Å². The number of rotatable bonds is 8. The van der Waals surface area contributed by atoms with Crippen LogP contribution in [0.4, 0.5) is 0 Å². The molecule has 1 aromatic rings. The van der Waals surface area contributed by atoms with E-state index in [-0.39, 0.29) is 25.0 Å². The molecule has 1 saturated heterocycles. The number of carbonyl (C=O) groups is 2. The van der Waals surface area contributed by atoms with Crippen molar-refractivity contribution < 1.29 is 24.2 Å². The number of hydrogen-bond donors (Lipinski definition) is 2. The molecule has 8 heteroatoms. The zero-order valence-corrected chi connectivity index (χ0v) is 12.8. The van der Waals surface area contributed by atoms with E-state index >= 15 is 0 Å². The monoisotopic (exact) mass is 326 g/mol. The number of nitrogens with zero attached hydrogens (tertiary/aromatic N) is 1. The van der Waals surface area contributed by atoms with Crippen molar-refractivity contribution in [3.05, 3.63) is 28.7 Å². The Morgan fingerprint density at radius 3 is 3.14 bits per heavy atom. The van der Waals surface area contributed by atoms with Gasteiger partial charge >= 0.3 is 5.97 Å². The first-order valence-corrected chi connectivity index (χ1v) is 7.79. The summed E-state index contributed by atoms with van der Waals surface area (Å²) in [4.78, 5) is 27.4. The summed E-state index contributed by atoms with van der Waals surface area (Å²) in [5, 5.41) is 13.8. The zero-order chi connectivity index (χ0) is 15.9. The summed E-state index contributed by atoms with van der Waals surface area (Å²) in [5.41, 5.74) is 0.200. The van der Waals surface area contributed by atoms with Crippen LogP contribution in [0.2, 0.25) is 0 Å². The number of aliphatic carboxylic acids is 1. The molecular formula is C14H18N2O5S. The fourth-order valence-electron chi connectivity index (χ4n) is 1.99. The standard InChI is InChI=1S/C14H18N2O5S/c1-2-5-20-7-9(14(18)19)15-12(17)10-8-22-13(16-10)11-4-3-6-21-11/h2,8-9,11H,1,3-7H2,(H,15,17)(H,18,19). The molecule has 2 atom stereocenters. The third-order valence-electron chi connectivity index (χ3n) is 3.08. The van der Waals surface area contributed by atoms with Crippen LogP contribution in [0, 0.1) is 0 Å². The van der Waals surface area contributed by atoms with Gasteiger partial charge in [-0.2, -0.15) is 0 Å². The molecule has 1 aliphatic rings. The first-order valence-electron chi connectivity index (χ1n) is 6.91. The van der Waals surface area contributed by atoms with Gasteiger partial charge in [0, 0.05) is 12.0 Å². The lowest BCUT2D eigenvalue weighted by Crippen LogP contribution is -2.44. The van der Waals surface area contributed by atoms with E-state index in [1.807, 2.05) is 0 Å². The molecule has 0 aliphatic carbocycles. The first-order chi connectivity index (χ1) is 10.6. The largest absolute Gasteiger partial charge is 0.480 e. The molecule has 2 N–H and O–H groups in total. The normalized spacial score (nSPS) is 18.8. The highest BCUT2D eigenvalue weighted by atomic mass is 32.1. The Labute approximate surface area is 132 Å². The molecule has 120 valence electrons. The number of carboxylic acid groups (broad SMARTS) is 1. The Balaban J connectivity index is 1.94. The van der Waals surface area contributed by atoms with Crippen molar-refractivity contribution in [2.24, 2.45) is 0 Å². The second kappa shape index (κ2) is 8.02. The van der Waals surface area contributed by atoms with E-state index in [1.54, 1.807) is 5.38 Å². The molecular weight excluding hydrogens is 308 g/mol. The number of amides is 1.